The lowest BCUT2D eigenvalue weighted by atomic mass is 9.88. The third-order valence-electron chi connectivity index (χ3n) is 11.7. The molecule has 4 aromatic rings. The van der Waals surface area contributed by atoms with Crippen LogP contribution < -0.4 is 25.2 Å². The van der Waals surface area contributed by atoms with E-state index in [1.54, 1.807) is 11.0 Å². The molecule has 304 valence electrons. The Morgan fingerprint density at radius 2 is 1.72 bits per heavy atom. The Bertz CT molecular complexity index is 2190. The van der Waals surface area contributed by atoms with Gasteiger partial charge in [-0.1, -0.05) is 12.1 Å². The molecule has 4 aliphatic heterocycles. The highest BCUT2D eigenvalue weighted by Gasteiger charge is 2.32. The van der Waals surface area contributed by atoms with E-state index in [0.29, 0.717) is 55.0 Å². The van der Waals surface area contributed by atoms with Gasteiger partial charge in [0.2, 0.25) is 21.9 Å². The fourth-order valence-corrected chi connectivity index (χ4v) is 10.2. The van der Waals surface area contributed by atoms with E-state index >= 15 is 0 Å². The number of alkyl halides is 2. The van der Waals surface area contributed by atoms with Crippen molar-refractivity contribution in [2.24, 2.45) is 13.0 Å². The number of carbonyl (C=O) groups is 2. The Morgan fingerprint density at radius 3 is 2.46 bits per heavy atom. The zero-order valence-corrected chi connectivity index (χ0v) is 32.7. The Labute approximate surface area is 330 Å². The lowest BCUT2D eigenvalue weighted by molar-refractivity contribution is -0.120. The van der Waals surface area contributed by atoms with Crippen molar-refractivity contribution in [2.75, 3.05) is 67.5 Å². The molecule has 0 aliphatic carbocycles. The van der Waals surface area contributed by atoms with E-state index in [-0.39, 0.29) is 30.1 Å². The first-order valence-electron chi connectivity index (χ1n) is 19.7. The van der Waals surface area contributed by atoms with Gasteiger partial charge in [0.25, 0.3) is 0 Å². The summed E-state index contributed by atoms with van der Waals surface area (Å²) >= 11 is 0. The molecule has 2 aromatic heterocycles. The number of nitrogens with one attached hydrogen (secondary N) is 2. The first-order valence-corrected chi connectivity index (χ1v) is 21.1. The van der Waals surface area contributed by atoms with E-state index in [2.05, 4.69) is 58.4 Å². The number of sulfonamides is 1. The zero-order chi connectivity index (χ0) is 39.7. The summed E-state index contributed by atoms with van der Waals surface area (Å²) < 4.78 is 60.1. The molecule has 6 heterocycles. The first kappa shape index (κ1) is 38.9. The largest absolute Gasteiger partial charge is 0.432 e. The Morgan fingerprint density at radius 1 is 0.947 bits per heavy atom. The van der Waals surface area contributed by atoms with Crippen LogP contribution in [-0.4, -0.2) is 114 Å². The number of piperidine rings is 3. The van der Waals surface area contributed by atoms with Crippen LogP contribution in [0, 0.1) is 5.92 Å². The van der Waals surface area contributed by atoms with Crippen molar-refractivity contribution >= 4 is 50.3 Å². The van der Waals surface area contributed by atoms with Gasteiger partial charge in [-0.3, -0.25) is 19.7 Å². The molecule has 8 rings (SSSR count). The molecule has 0 radical (unpaired) electrons. The van der Waals surface area contributed by atoms with Crippen LogP contribution in [0.15, 0.2) is 59.8 Å². The maximum atomic E-state index is 13.8. The van der Waals surface area contributed by atoms with Crippen molar-refractivity contribution in [3.8, 4) is 5.75 Å². The summed E-state index contributed by atoms with van der Waals surface area (Å²) in [6.07, 6.45) is 8.00. The molecule has 0 saturated carbocycles. The summed E-state index contributed by atoms with van der Waals surface area (Å²) in [5.74, 6) is 1.36. The Kier molecular flexibility index (Phi) is 11.3. The van der Waals surface area contributed by atoms with Gasteiger partial charge in [-0.05, 0) is 99.3 Å². The standard InChI is InChI=1S/C39H48F2N10O5S/c1-47-34-20-28(7-8-33(34)36(46-47)51-19-13-35(52)45-39(51)53)27-9-15-48(16-10-27)24-26-4-3-14-49(25-26)30-5-2-6-32(21-30)57(54,55)50-17-11-29(12-18-50)44-38-42-22-31(23-43-38)56-37(40)41/h2,5-8,20-23,26-27,29,37H,3-4,9-19,24-25H2,1H3,(H,42,43,44)(H,45,52,53)/t26-/m1/s1. The minimum Gasteiger partial charge on any atom is -0.432 e. The van der Waals surface area contributed by atoms with E-state index in [0.717, 1.165) is 75.0 Å². The SMILES string of the molecule is Cn1nc(N2CCC(=O)NC2=O)c2ccc(C3CCN(C[C@H]4CCCN(c5cccc(S(=O)(=O)N6CCC(Nc7ncc(OC(F)F)cn7)CC6)c5)C4)CC3)cc21. The van der Waals surface area contributed by atoms with Gasteiger partial charge >= 0.3 is 12.6 Å². The molecule has 1 atom stereocenters. The quantitative estimate of drug-likeness (QED) is 0.215. The second-order valence-electron chi connectivity index (χ2n) is 15.4. The van der Waals surface area contributed by atoms with E-state index in [4.69, 9.17) is 0 Å². The number of rotatable bonds is 11. The molecule has 0 bridgehead atoms. The molecule has 0 unspecified atom stereocenters. The maximum absolute atomic E-state index is 13.8. The minimum atomic E-state index is -3.71. The van der Waals surface area contributed by atoms with Gasteiger partial charge in [0, 0.05) is 69.9 Å². The van der Waals surface area contributed by atoms with E-state index < -0.39 is 22.7 Å². The maximum Gasteiger partial charge on any atom is 0.387 e. The number of halogens is 2. The second-order valence-corrected chi connectivity index (χ2v) is 17.4. The number of ether oxygens (including phenoxy) is 1. The normalized spacial score (nSPS) is 21.0. The summed E-state index contributed by atoms with van der Waals surface area (Å²) in [4.78, 5) is 39.0. The number of fused-ring (bicyclic) bond motifs is 1. The smallest absolute Gasteiger partial charge is 0.387 e. The molecule has 57 heavy (non-hydrogen) atoms. The van der Waals surface area contributed by atoms with E-state index in [1.807, 2.05) is 29.9 Å². The highest BCUT2D eigenvalue weighted by molar-refractivity contribution is 7.89. The predicted octanol–water partition coefficient (Wildman–Crippen LogP) is 4.77. The van der Waals surface area contributed by atoms with Crippen LogP contribution in [0.3, 0.4) is 0 Å². The minimum absolute atomic E-state index is 0.0580. The Hall–Kier alpha value is -4.94. The molecule has 3 amide bonds. The van der Waals surface area contributed by atoms with Gasteiger partial charge in [-0.25, -0.2) is 23.2 Å². The van der Waals surface area contributed by atoms with Crippen LogP contribution in [0.5, 0.6) is 5.75 Å². The molecular formula is C39H48F2N10O5S. The highest BCUT2D eigenvalue weighted by atomic mass is 32.2. The molecular weight excluding hydrogens is 759 g/mol. The van der Waals surface area contributed by atoms with Crippen LogP contribution >= 0.6 is 0 Å². The molecule has 2 aromatic carbocycles. The number of urea groups is 1. The first-order chi connectivity index (χ1) is 27.5. The van der Waals surface area contributed by atoms with Gasteiger partial charge in [0.15, 0.2) is 11.6 Å². The molecule has 2 N–H and O–H groups in total. The third kappa shape index (κ3) is 8.67. The topological polar surface area (TPSA) is 158 Å². The Balaban J connectivity index is 0.829. The number of aryl methyl sites for hydroxylation is 1. The van der Waals surface area contributed by atoms with Crippen molar-refractivity contribution in [3.05, 3.63) is 60.4 Å². The summed E-state index contributed by atoms with van der Waals surface area (Å²) in [6.45, 7) is 2.81. The van der Waals surface area contributed by atoms with Crippen LogP contribution in [0.2, 0.25) is 0 Å². The molecule has 18 heteroatoms. The van der Waals surface area contributed by atoms with Gasteiger partial charge < -0.3 is 19.9 Å². The van der Waals surface area contributed by atoms with Gasteiger partial charge in [0.05, 0.1) is 22.8 Å². The van der Waals surface area contributed by atoms with Crippen LogP contribution in [-0.2, 0) is 21.9 Å². The lowest BCUT2D eigenvalue weighted by Gasteiger charge is -2.39. The number of anilines is 3. The number of benzene rings is 2. The van der Waals surface area contributed by atoms with Crippen LogP contribution in [0.4, 0.5) is 31.0 Å². The molecule has 4 aliphatic rings. The van der Waals surface area contributed by atoms with Crippen molar-refractivity contribution in [1.29, 1.82) is 0 Å². The van der Waals surface area contributed by atoms with E-state index in [9.17, 15) is 26.8 Å². The monoisotopic (exact) mass is 806 g/mol. The second kappa shape index (κ2) is 16.5. The van der Waals surface area contributed by atoms with Gasteiger partial charge in [0.1, 0.15) is 0 Å². The lowest BCUT2D eigenvalue weighted by Crippen LogP contribution is -2.49. The molecule has 4 saturated heterocycles. The van der Waals surface area contributed by atoms with Crippen LogP contribution in [0.1, 0.15) is 56.4 Å². The number of carbonyl (C=O) groups excluding carboxylic acids is 2. The van der Waals surface area contributed by atoms with E-state index in [1.165, 1.54) is 22.3 Å². The predicted molar refractivity (Wildman–Crippen MR) is 210 cm³/mol. The van der Waals surface area contributed by atoms with Crippen LogP contribution in [0.25, 0.3) is 10.9 Å². The fraction of sp³-hybridized carbons (Fsp3) is 0.513. The van der Waals surface area contributed by atoms with Gasteiger partial charge in [-0.15, -0.1) is 0 Å². The van der Waals surface area contributed by atoms with Crippen molar-refractivity contribution < 1.29 is 31.5 Å². The van der Waals surface area contributed by atoms with Crippen molar-refractivity contribution in [3.63, 3.8) is 0 Å². The van der Waals surface area contributed by atoms with Crippen molar-refractivity contribution in [1.82, 2.24) is 34.3 Å². The average molecular weight is 807 g/mol. The fourth-order valence-electron chi connectivity index (χ4n) is 8.70. The molecule has 15 nitrogen and oxygen atoms in total. The number of hydrogen-bond donors (Lipinski definition) is 2. The zero-order valence-electron chi connectivity index (χ0n) is 31.9. The molecule has 0 spiro atoms. The summed E-state index contributed by atoms with van der Waals surface area (Å²) in [7, 11) is -1.82. The number of aromatic nitrogens is 4. The number of imide groups is 1. The summed E-state index contributed by atoms with van der Waals surface area (Å²) in [5.41, 5.74) is 3.17. The average Bonchev–Trinajstić information content (AvgIpc) is 3.54. The highest BCUT2D eigenvalue weighted by Crippen LogP contribution is 2.35. The molecule has 4 fully saturated rings. The summed E-state index contributed by atoms with van der Waals surface area (Å²) in [5, 5.41) is 11.1. The summed E-state index contributed by atoms with van der Waals surface area (Å²) in [6, 6.07) is 13.2. The van der Waals surface area contributed by atoms with Gasteiger partial charge in [-0.2, -0.15) is 18.2 Å². The third-order valence-corrected chi connectivity index (χ3v) is 13.6. The number of hydrogen-bond acceptors (Lipinski definition) is 11. The number of nitrogens with zero attached hydrogens (tertiary/aromatic N) is 8. The number of likely N-dealkylation sites (tertiary alicyclic amines) is 1. The van der Waals surface area contributed by atoms with Crippen molar-refractivity contribution in [2.45, 2.75) is 68.4 Å². The number of amides is 3.